The molecule has 0 bridgehead atoms. The number of hydrogen-bond acceptors (Lipinski definition) is 5. The first-order chi connectivity index (χ1) is 20.1. The third-order valence-corrected chi connectivity index (χ3v) is 10.7. The van der Waals surface area contributed by atoms with E-state index in [4.69, 9.17) is 11.6 Å². The van der Waals surface area contributed by atoms with Gasteiger partial charge >= 0.3 is 0 Å². The Hall–Kier alpha value is -3.67. The molecule has 218 valence electrons. The Balaban J connectivity index is 1.45. The van der Waals surface area contributed by atoms with Crippen molar-refractivity contribution in [2.75, 3.05) is 13.2 Å². The van der Waals surface area contributed by atoms with E-state index < -0.39 is 27.8 Å². The monoisotopic (exact) mass is 610 g/mol. The van der Waals surface area contributed by atoms with Gasteiger partial charge in [-0.15, -0.1) is 0 Å². The maximum absolute atomic E-state index is 14.5. The van der Waals surface area contributed by atoms with E-state index in [1.54, 1.807) is 52.7 Å². The van der Waals surface area contributed by atoms with Crippen molar-refractivity contribution in [3.8, 4) is 5.69 Å². The molecule has 0 N–H and O–H groups in total. The number of aromatic nitrogens is 5. The lowest BCUT2D eigenvalue weighted by Crippen LogP contribution is -2.51. The molecule has 0 amide bonds. The molecule has 42 heavy (non-hydrogen) atoms. The molecule has 8 nitrogen and oxygen atoms in total. The van der Waals surface area contributed by atoms with Gasteiger partial charge in [-0.25, -0.2) is 22.0 Å². The quantitative estimate of drug-likeness (QED) is 0.204. The van der Waals surface area contributed by atoms with Crippen molar-refractivity contribution in [3.05, 3.63) is 94.5 Å². The molecule has 6 rings (SSSR count). The van der Waals surface area contributed by atoms with Crippen molar-refractivity contribution < 1.29 is 17.8 Å². The molecule has 1 aromatic carbocycles. The molecular weight excluding hydrogens is 582 g/mol. The second-order valence-corrected chi connectivity index (χ2v) is 13.4. The van der Waals surface area contributed by atoms with Crippen LogP contribution in [0.4, 0.5) is 8.78 Å². The van der Waals surface area contributed by atoms with E-state index in [1.807, 2.05) is 6.08 Å². The van der Waals surface area contributed by atoms with Crippen LogP contribution in [0, 0.1) is 11.2 Å². The molecule has 1 fully saturated rings. The van der Waals surface area contributed by atoms with E-state index in [-0.39, 0.29) is 30.3 Å². The molecule has 3 aromatic heterocycles. The van der Waals surface area contributed by atoms with Crippen molar-refractivity contribution in [3.63, 3.8) is 0 Å². The Morgan fingerprint density at radius 2 is 2.02 bits per heavy atom. The number of halogens is 3. The van der Waals surface area contributed by atoms with Gasteiger partial charge in [0, 0.05) is 37.1 Å². The number of rotatable bonds is 8. The predicted molar refractivity (Wildman–Crippen MR) is 158 cm³/mol. The lowest BCUT2D eigenvalue weighted by atomic mass is 9.60. The molecule has 2 aliphatic rings. The summed E-state index contributed by atoms with van der Waals surface area (Å²) in [5.41, 5.74) is 2.40. The van der Waals surface area contributed by atoms with Crippen molar-refractivity contribution in [2.24, 2.45) is 12.5 Å². The van der Waals surface area contributed by atoms with Crippen LogP contribution < -0.4 is 0 Å². The van der Waals surface area contributed by atoms with E-state index in [2.05, 4.69) is 21.1 Å². The third-order valence-electron chi connectivity index (χ3n) is 8.24. The first-order valence-electron chi connectivity index (χ1n) is 13.5. The van der Waals surface area contributed by atoms with Crippen LogP contribution in [0.15, 0.2) is 71.7 Å². The van der Waals surface area contributed by atoms with Gasteiger partial charge in [0.25, 0.3) is 0 Å². The van der Waals surface area contributed by atoms with Gasteiger partial charge in [0.2, 0.25) is 0 Å². The molecule has 0 spiro atoms. The minimum absolute atomic E-state index is 0.103. The van der Waals surface area contributed by atoms with E-state index >= 15 is 0 Å². The predicted octanol–water partition coefficient (Wildman–Crippen LogP) is 5.12. The highest BCUT2D eigenvalue weighted by Crippen LogP contribution is 2.51. The Morgan fingerprint density at radius 1 is 1.24 bits per heavy atom. The maximum Gasteiger partial charge on any atom is 0.191 e. The summed E-state index contributed by atoms with van der Waals surface area (Å²) in [5.74, 6) is 3.48. The summed E-state index contributed by atoms with van der Waals surface area (Å²) in [5, 5.41) is 9.11. The van der Waals surface area contributed by atoms with Gasteiger partial charge in [0.15, 0.2) is 5.78 Å². The van der Waals surface area contributed by atoms with Crippen LogP contribution in [0.2, 0.25) is 5.02 Å². The summed E-state index contributed by atoms with van der Waals surface area (Å²) in [7, 11) is -1.39. The molecule has 3 heterocycles. The van der Waals surface area contributed by atoms with Crippen molar-refractivity contribution in [1.29, 1.82) is 0 Å². The first kappa shape index (κ1) is 28.4. The minimum atomic E-state index is -3.10. The molecule has 0 aliphatic heterocycles. The number of alkyl halides is 1. The summed E-state index contributed by atoms with van der Waals surface area (Å²) < 4.78 is 46.6. The van der Waals surface area contributed by atoms with Gasteiger partial charge in [0.05, 0.1) is 43.8 Å². The smallest absolute Gasteiger partial charge is 0.191 e. The van der Waals surface area contributed by atoms with Crippen LogP contribution in [0.3, 0.4) is 0 Å². The van der Waals surface area contributed by atoms with Crippen LogP contribution >= 0.6 is 11.6 Å². The molecule has 4 aromatic rings. The van der Waals surface area contributed by atoms with Crippen LogP contribution in [0.25, 0.3) is 11.8 Å². The van der Waals surface area contributed by atoms with Gasteiger partial charge in [-0.05, 0) is 79.6 Å². The van der Waals surface area contributed by atoms with Gasteiger partial charge in [-0.3, -0.25) is 14.5 Å². The number of ketones is 1. The number of fused-ring (bicyclic) bond motifs is 2. The van der Waals surface area contributed by atoms with E-state index in [0.717, 1.165) is 16.8 Å². The summed E-state index contributed by atoms with van der Waals surface area (Å²) in [6.45, 7) is -0.828. The van der Waals surface area contributed by atoms with Crippen molar-refractivity contribution in [2.45, 2.75) is 36.6 Å². The largest absolute Gasteiger partial charge is 0.291 e. The normalized spacial score (nSPS) is 21.4. The third kappa shape index (κ3) is 4.89. The summed E-state index contributed by atoms with van der Waals surface area (Å²) in [6.07, 6.45) is 9.94. The lowest BCUT2D eigenvalue weighted by molar-refractivity contribution is 0.0737. The zero-order valence-corrected chi connectivity index (χ0v) is 24.5. The Labute approximate surface area is 247 Å². The molecule has 3 atom stereocenters. The molecular formula is C30H29ClF2N6O2S. The molecule has 2 aliphatic carbocycles. The number of pyridine rings is 1. The van der Waals surface area contributed by atoms with Crippen LogP contribution in [0.1, 0.15) is 41.0 Å². The van der Waals surface area contributed by atoms with E-state index in [0.29, 0.717) is 34.9 Å². The Kier molecular flexibility index (Phi) is 7.36. The highest BCUT2D eigenvalue weighted by Gasteiger charge is 2.51. The lowest BCUT2D eigenvalue weighted by Gasteiger charge is -2.47. The molecule has 1 saturated carbocycles. The highest BCUT2D eigenvalue weighted by atomic mass is 35.5. The minimum Gasteiger partial charge on any atom is -0.291 e. The fourth-order valence-corrected chi connectivity index (χ4v) is 8.23. The maximum atomic E-state index is 14.5. The Morgan fingerprint density at radius 3 is 2.71 bits per heavy atom. The number of carbonyl (C=O) groups is 1. The molecule has 1 unspecified atom stereocenters. The average Bonchev–Trinajstić information content (AvgIpc) is 3.60. The zero-order chi connectivity index (χ0) is 29.6. The Bertz CT molecular complexity index is 1800. The molecule has 0 saturated heterocycles. The number of nitrogens with zero attached hydrogens (tertiary/aromatic N) is 6. The van der Waals surface area contributed by atoms with Gasteiger partial charge in [-0.1, -0.05) is 17.2 Å². The number of aryl methyl sites for hydroxylation is 1. The second kappa shape index (κ2) is 10.9. The van der Waals surface area contributed by atoms with Crippen LogP contribution in [0.5, 0.6) is 0 Å². The van der Waals surface area contributed by atoms with Gasteiger partial charge in [0.1, 0.15) is 18.2 Å². The second-order valence-electron chi connectivity index (χ2n) is 10.8. The van der Waals surface area contributed by atoms with E-state index in [1.165, 1.54) is 29.2 Å². The van der Waals surface area contributed by atoms with Gasteiger partial charge < -0.3 is 0 Å². The van der Waals surface area contributed by atoms with Gasteiger partial charge in [-0.2, -0.15) is 10.2 Å². The topological polar surface area (TPSA) is 85.9 Å². The number of allylic oxidation sites excluding steroid dienone is 1. The van der Waals surface area contributed by atoms with Crippen LogP contribution in [-0.4, -0.2) is 64.0 Å². The zero-order valence-electron chi connectivity index (χ0n) is 22.9. The summed E-state index contributed by atoms with van der Waals surface area (Å²) >= 11 is 6.26. The summed E-state index contributed by atoms with van der Waals surface area (Å²) in [6, 6.07) is 8.80. The molecule has 0 radical (unpaired) electrons. The van der Waals surface area contributed by atoms with Crippen LogP contribution in [-0.2, 0) is 23.2 Å². The number of hydrogen-bond donors (Lipinski definition) is 0. The number of benzene rings is 1. The molecule has 12 heteroatoms. The fourth-order valence-electron chi connectivity index (χ4n) is 6.24. The fraction of sp³-hybridized carbons (Fsp3) is 0.300. The summed E-state index contributed by atoms with van der Waals surface area (Å²) in [4.78, 5) is 19.2. The van der Waals surface area contributed by atoms with E-state index in [9.17, 15) is 17.8 Å². The SMILES string of the molecule is C=S(=O)(c1cnn(C)c1)N(CCF)[C@H]1CCC2=Cc3c(cnn3-c3ccc(F)cc3)C[C@]2(C(=O)c2cc(Cl)ccn2)C1. The number of carbonyl (C=O) groups excluding carboxylic acids is 1. The highest BCUT2D eigenvalue weighted by molar-refractivity contribution is 7.98. The standard InChI is InChI=1S/C30H29ClF2N6O2S/c1-37-19-26(18-35-37)42(2,41)38(12-10-32)25-6-3-21-13-28-20(17-36-39(28)24-7-4-23(33)5-8-24)15-30(21,16-25)29(40)27-14-22(31)9-11-34-27/h4-5,7-9,11,13-14,17-19,25H,2-3,6,10,12,15-16H2,1H3/t25-,30-,42?/m0/s1. The van der Waals surface area contributed by atoms with Crippen molar-refractivity contribution >= 4 is 39.0 Å². The van der Waals surface area contributed by atoms with Crippen molar-refractivity contribution in [1.82, 2.24) is 28.9 Å². The number of Topliss-reactive ketones (excluding diaryl/α,β-unsaturated/α-hetero) is 1. The first-order valence-corrected chi connectivity index (χ1v) is 15.6. The average molecular weight is 611 g/mol.